The number of hydrogen-bond acceptors (Lipinski definition) is 3. The van der Waals surface area contributed by atoms with Gasteiger partial charge in [-0.15, -0.1) is 0 Å². The van der Waals surface area contributed by atoms with Crippen molar-refractivity contribution in [3.05, 3.63) is 24.5 Å². The Balaban J connectivity index is 1.59. The van der Waals surface area contributed by atoms with Crippen LogP contribution in [0.1, 0.15) is 19.3 Å². The van der Waals surface area contributed by atoms with Gasteiger partial charge in [0, 0.05) is 6.20 Å². The maximum Gasteiger partial charge on any atom is 0.137 e. The summed E-state index contributed by atoms with van der Waals surface area (Å²) in [6, 6.07) is 3.87. The van der Waals surface area contributed by atoms with Crippen LogP contribution in [0.25, 0.3) is 0 Å². The molecule has 0 spiro atoms. The van der Waals surface area contributed by atoms with Gasteiger partial charge in [-0.2, -0.15) is 0 Å². The highest BCUT2D eigenvalue weighted by atomic mass is 16.5. The minimum absolute atomic E-state index is 0.300. The molecule has 1 saturated heterocycles. The fourth-order valence-corrected chi connectivity index (χ4v) is 2.53. The van der Waals surface area contributed by atoms with Crippen molar-refractivity contribution in [3.8, 4) is 5.75 Å². The third-order valence-corrected chi connectivity index (χ3v) is 3.57. The zero-order valence-corrected chi connectivity index (χ0v) is 8.78. The molecule has 1 aliphatic carbocycles. The second-order valence-electron chi connectivity index (χ2n) is 4.60. The Hall–Kier alpha value is -1.09. The number of pyridine rings is 1. The summed E-state index contributed by atoms with van der Waals surface area (Å²) in [6.45, 7) is 1.94. The molecule has 0 aromatic carbocycles. The maximum atomic E-state index is 5.77. The first-order chi connectivity index (χ1) is 7.39. The van der Waals surface area contributed by atoms with Crippen LogP contribution in [0.2, 0.25) is 0 Å². The van der Waals surface area contributed by atoms with Crippen LogP contribution in [-0.2, 0) is 0 Å². The summed E-state index contributed by atoms with van der Waals surface area (Å²) in [4.78, 5) is 4.04. The van der Waals surface area contributed by atoms with E-state index in [9.17, 15) is 0 Å². The minimum atomic E-state index is 0.300. The summed E-state index contributed by atoms with van der Waals surface area (Å²) < 4.78 is 5.77. The largest absolute Gasteiger partial charge is 0.490 e. The van der Waals surface area contributed by atoms with Crippen LogP contribution in [0.5, 0.6) is 5.75 Å². The first kappa shape index (κ1) is 9.16. The average molecular weight is 204 g/mol. The lowest BCUT2D eigenvalue weighted by Crippen LogP contribution is -2.42. The van der Waals surface area contributed by atoms with Gasteiger partial charge in [-0.1, -0.05) is 0 Å². The van der Waals surface area contributed by atoms with Crippen LogP contribution in [0, 0.1) is 5.92 Å². The average Bonchev–Trinajstić information content (AvgIpc) is 3.03. The number of rotatable bonds is 3. The summed E-state index contributed by atoms with van der Waals surface area (Å²) in [5.41, 5.74) is 0.300. The second-order valence-corrected chi connectivity index (χ2v) is 4.60. The molecule has 15 heavy (non-hydrogen) atoms. The van der Waals surface area contributed by atoms with E-state index in [0.717, 1.165) is 24.8 Å². The molecule has 0 bridgehead atoms. The van der Waals surface area contributed by atoms with E-state index in [1.807, 2.05) is 12.1 Å². The summed E-state index contributed by atoms with van der Waals surface area (Å²) in [7, 11) is 0. The Morgan fingerprint density at radius 2 is 2.60 bits per heavy atom. The SMILES string of the molecule is c1cncc(OCC23CC2CCCN3)c1. The van der Waals surface area contributed by atoms with Crippen molar-refractivity contribution in [2.75, 3.05) is 13.2 Å². The highest BCUT2D eigenvalue weighted by Gasteiger charge is 2.55. The second kappa shape index (κ2) is 3.49. The van der Waals surface area contributed by atoms with Gasteiger partial charge in [0.25, 0.3) is 0 Å². The number of aromatic nitrogens is 1. The molecule has 3 rings (SSSR count). The van der Waals surface area contributed by atoms with Crippen LogP contribution >= 0.6 is 0 Å². The molecule has 1 saturated carbocycles. The standard InChI is InChI=1S/C12H16N2O/c1-3-10-7-12(10,14-6-1)9-15-11-4-2-5-13-8-11/h2,4-5,8,10,14H,1,3,6-7,9H2. The molecule has 1 aromatic heterocycles. The molecule has 1 aromatic rings. The first-order valence-corrected chi connectivity index (χ1v) is 5.67. The zero-order chi connectivity index (χ0) is 10.1. The maximum absolute atomic E-state index is 5.77. The van der Waals surface area contributed by atoms with Gasteiger partial charge in [-0.05, 0) is 43.9 Å². The van der Waals surface area contributed by atoms with Crippen molar-refractivity contribution in [3.63, 3.8) is 0 Å². The normalized spacial score (nSPS) is 33.2. The van der Waals surface area contributed by atoms with Crippen molar-refractivity contribution in [2.45, 2.75) is 24.8 Å². The number of nitrogens with one attached hydrogen (secondary N) is 1. The van der Waals surface area contributed by atoms with Gasteiger partial charge in [-0.25, -0.2) is 0 Å². The van der Waals surface area contributed by atoms with Gasteiger partial charge >= 0.3 is 0 Å². The molecule has 80 valence electrons. The first-order valence-electron chi connectivity index (χ1n) is 5.67. The Bertz CT molecular complexity index is 341. The van der Waals surface area contributed by atoms with Gasteiger partial charge in [-0.3, -0.25) is 4.98 Å². The van der Waals surface area contributed by atoms with Crippen molar-refractivity contribution < 1.29 is 4.74 Å². The van der Waals surface area contributed by atoms with Crippen molar-refractivity contribution >= 4 is 0 Å². The summed E-state index contributed by atoms with van der Waals surface area (Å²) >= 11 is 0. The van der Waals surface area contributed by atoms with E-state index in [1.165, 1.54) is 19.3 Å². The predicted octanol–water partition coefficient (Wildman–Crippen LogP) is 1.60. The molecular formula is C12H16N2O. The lowest BCUT2D eigenvalue weighted by Gasteiger charge is -2.23. The molecule has 3 nitrogen and oxygen atoms in total. The van der Waals surface area contributed by atoms with Crippen molar-refractivity contribution in [1.82, 2.24) is 10.3 Å². The minimum Gasteiger partial charge on any atom is -0.490 e. The van der Waals surface area contributed by atoms with E-state index in [4.69, 9.17) is 4.74 Å². The number of hydrogen-bond donors (Lipinski definition) is 1. The number of nitrogens with zero attached hydrogens (tertiary/aromatic N) is 1. The quantitative estimate of drug-likeness (QED) is 0.812. The molecule has 2 heterocycles. The molecule has 3 heteroatoms. The molecule has 2 fully saturated rings. The van der Waals surface area contributed by atoms with Crippen molar-refractivity contribution in [2.24, 2.45) is 5.92 Å². The number of ether oxygens (including phenoxy) is 1. The van der Waals surface area contributed by atoms with Crippen LogP contribution in [0.4, 0.5) is 0 Å². The molecule has 1 aliphatic heterocycles. The van der Waals surface area contributed by atoms with E-state index in [2.05, 4.69) is 10.3 Å². The highest BCUT2D eigenvalue weighted by molar-refractivity contribution is 5.18. The van der Waals surface area contributed by atoms with E-state index in [1.54, 1.807) is 12.4 Å². The van der Waals surface area contributed by atoms with Gasteiger partial charge < -0.3 is 10.1 Å². The summed E-state index contributed by atoms with van der Waals surface area (Å²) in [5.74, 6) is 1.73. The zero-order valence-electron chi connectivity index (χ0n) is 8.78. The van der Waals surface area contributed by atoms with E-state index >= 15 is 0 Å². The lowest BCUT2D eigenvalue weighted by atomic mass is 10.1. The van der Waals surface area contributed by atoms with E-state index in [0.29, 0.717) is 5.54 Å². The third-order valence-electron chi connectivity index (χ3n) is 3.57. The fraction of sp³-hybridized carbons (Fsp3) is 0.583. The molecule has 2 atom stereocenters. The smallest absolute Gasteiger partial charge is 0.137 e. The Morgan fingerprint density at radius 1 is 1.60 bits per heavy atom. The fourth-order valence-electron chi connectivity index (χ4n) is 2.53. The van der Waals surface area contributed by atoms with Crippen LogP contribution in [0.15, 0.2) is 24.5 Å². The number of piperidine rings is 1. The lowest BCUT2D eigenvalue weighted by molar-refractivity contribution is 0.224. The molecule has 0 radical (unpaired) electrons. The number of fused-ring (bicyclic) bond motifs is 1. The Morgan fingerprint density at radius 3 is 3.40 bits per heavy atom. The molecule has 2 unspecified atom stereocenters. The van der Waals surface area contributed by atoms with Crippen molar-refractivity contribution in [1.29, 1.82) is 0 Å². The third kappa shape index (κ3) is 1.72. The van der Waals surface area contributed by atoms with Gasteiger partial charge in [0.05, 0.1) is 11.7 Å². The summed E-state index contributed by atoms with van der Waals surface area (Å²) in [6.07, 6.45) is 7.51. The van der Waals surface area contributed by atoms with Gasteiger partial charge in [0.1, 0.15) is 12.4 Å². The Kier molecular flexibility index (Phi) is 2.13. The molecule has 1 N–H and O–H groups in total. The molecule has 2 aliphatic rings. The van der Waals surface area contributed by atoms with Gasteiger partial charge in [0.2, 0.25) is 0 Å². The summed E-state index contributed by atoms with van der Waals surface area (Å²) in [5, 5.41) is 3.59. The van der Waals surface area contributed by atoms with Crippen LogP contribution < -0.4 is 10.1 Å². The Labute approximate surface area is 89.9 Å². The van der Waals surface area contributed by atoms with Crippen LogP contribution in [-0.4, -0.2) is 23.7 Å². The monoisotopic (exact) mass is 204 g/mol. The highest BCUT2D eigenvalue weighted by Crippen LogP contribution is 2.48. The van der Waals surface area contributed by atoms with Gasteiger partial charge in [0.15, 0.2) is 0 Å². The predicted molar refractivity (Wildman–Crippen MR) is 57.8 cm³/mol. The molecular weight excluding hydrogens is 188 g/mol. The van der Waals surface area contributed by atoms with Crippen LogP contribution in [0.3, 0.4) is 0 Å². The topological polar surface area (TPSA) is 34.1 Å². The molecule has 0 amide bonds. The van der Waals surface area contributed by atoms with E-state index < -0.39 is 0 Å². The van der Waals surface area contributed by atoms with E-state index in [-0.39, 0.29) is 0 Å².